The van der Waals surface area contributed by atoms with Gasteiger partial charge in [-0.1, -0.05) is 6.92 Å². The first kappa shape index (κ1) is 21.3. The SMILES string of the molecule is CCCn1c(C)cc(C(=O)COC(=O)C=Cc2ccc(OC)cc2OC)c1C. The fraction of sp³-hybridized carbons (Fsp3) is 0.364. The highest BCUT2D eigenvalue weighted by Gasteiger charge is 2.16. The van der Waals surface area contributed by atoms with E-state index in [1.807, 2.05) is 19.9 Å². The maximum Gasteiger partial charge on any atom is 0.331 e. The number of esters is 1. The van der Waals surface area contributed by atoms with E-state index in [1.54, 1.807) is 31.4 Å². The third kappa shape index (κ3) is 5.03. The highest BCUT2D eigenvalue weighted by atomic mass is 16.5. The number of Topliss-reactive ketones (excluding diaryl/α,β-unsaturated/α-hetero) is 1. The van der Waals surface area contributed by atoms with Crippen molar-refractivity contribution in [1.82, 2.24) is 4.57 Å². The monoisotopic (exact) mass is 385 g/mol. The molecule has 0 atom stereocenters. The van der Waals surface area contributed by atoms with E-state index >= 15 is 0 Å². The van der Waals surface area contributed by atoms with Gasteiger partial charge in [0, 0.05) is 41.2 Å². The van der Waals surface area contributed by atoms with Crippen molar-refractivity contribution in [1.29, 1.82) is 0 Å². The Balaban J connectivity index is 2.00. The van der Waals surface area contributed by atoms with Crippen LogP contribution < -0.4 is 9.47 Å². The van der Waals surface area contributed by atoms with Crippen molar-refractivity contribution in [3.8, 4) is 11.5 Å². The van der Waals surface area contributed by atoms with Crippen molar-refractivity contribution in [2.45, 2.75) is 33.7 Å². The van der Waals surface area contributed by atoms with E-state index < -0.39 is 5.97 Å². The van der Waals surface area contributed by atoms with Crippen LogP contribution in [0.4, 0.5) is 0 Å². The molecule has 0 N–H and O–H groups in total. The fourth-order valence-electron chi connectivity index (χ4n) is 3.03. The Kier molecular flexibility index (Phi) is 7.44. The number of carbonyl (C=O) groups is 2. The molecule has 0 aliphatic rings. The number of methoxy groups -OCH3 is 2. The van der Waals surface area contributed by atoms with Crippen molar-refractivity contribution in [2.24, 2.45) is 0 Å². The zero-order valence-corrected chi connectivity index (χ0v) is 17.1. The molecule has 0 radical (unpaired) electrons. The molecule has 2 rings (SSSR count). The summed E-state index contributed by atoms with van der Waals surface area (Å²) in [6.45, 7) is 6.53. The van der Waals surface area contributed by atoms with Gasteiger partial charge in [-0.15, -0.1) is 0 Å². The van der Waals surface area contributed by atoms with E-state index in [-0.39, 0.29) is 12.4 Å². The lowest BCUT2D eigenvalue weighted by Gasteiger charge is -2.08. The minimum atomic E-state index is -0.589. The van der Waals surface area contributed by atoms with Gasteiger partial charge < -0.3 is 18.8 Å². The van der Waals surface area contributed by atoms with Gasteiger partial charge in [-0.2, -0.15) is 0 Å². The van der Waals surface area contributed by atoms with Crippen molar-refractivity contribution in [2.75, 3.05) is 20.8 Å². The summed E-state index contributed by atoms with van der Waals surface area (Å²) >= 11 is 0. The maximum atomic E-state index is 12.4. The van der Waals surface area contributed by atoms with Gasteiger partial charge in [0.2, 0.25) is 5.78 Å². The van der Waals surface area contributed by atoms with E-state index in [4.69, 9.17) is 14.2 Å². The van der Waals surface area contributed by atoms with Crippen LogP contribution >= 0.6 is 0 Å². The average Bonchev–Trinajstić information content (AvgIpc) is 2.98. The summed E-state index contributed by atoms with van der Waals surface area (Å²) in [6, 6.07) is 7.11. The number of nitrogens with zero attached hydrogens (tertiary/aromatic N) is 1. The Morgan fingerprint density at radius 2 is 1.86 bits per heavy atom. The van der Waals surface area contributed by atoms with E-state index in [2.05, 4.69) is 11.5 Å². The fourth-order valence-corrected chi connectivity index (χ4v) is 3.03. The quantitative estimate of drug-likeness (QED) is 0.371. The number of rotatable bonds is 9. The molecule has 0 spiro atoms. The van der Waals surface area contributed by atoms with Gasteiger partial charge in [-0.05, 0) is 44.5 Å². The van der Waals surface area contributed by atoms with E-state index in [0.29, 0.717) is 22.6 Å². The Bertz CT molecular complexity index is 879. The lowest BCUT2D eigenvalue weighted by molar-refractivity contribution is -0.136. The molecule has 1 aromatic carbocycles. The third-order valence-electron chi connectivity index (χ3n) is 4.51. The minimum Gasteiger partial charge on any atom is -0.497 e. The summed E-state index contributed by atoms with van der Waals surface area (Å²) in [5, 5.41) is 0. The topological polar surface area (TPSA) is 66.8 Å². The number of aryl methyl sites for hydroxylation is 1. The standard InChI is InChI=1S/C22H27NO5/c1-6-11-23-15(2)12-19(16(23)3)20(24)14-28-22(25)10-8-17-7-9-18(26-4)13-21(17)27-5/h7-10,12-13H,6,11,14H2,1-5H3. The van der Waals surface area contributed by atoms with E-state index in [1.165, 1.54) is 13.2 Å². The van der Waals surface area contributed by atoms with Crippen LogP contribution in [-0.2, 0) is 16.1 Å². The molecule has 0 unspecified atom stereocenters. The molecule has 0 saturated carbocycles. The second kappa shape index (κ2) is 9.78. The van der Waals surface area contributed by atoms with E-state index in [9.17, 15) is 9.59 Å². The number of ether oxygens (including phenoxy) is 3. The van der Waals surface area contributed by atoms with Crippen LogP contribution in [0.25, 0.3) is 6.08 Å². The Morgan fingerprint density at radius 1 is 1.11 bits per heavy atom. The minimum absolute atomic E-state index is 0.209. The van der Waals surface area contributed by atoms with Crippen molar-refractivity contribution in [3.63, 3.8) is 0 Å². The molecule has 6 heteroatoms. The number of hydrogen-bond acceptors (Lipinski definition) is 5. The molecule has 1 heterocycles. The maximum absolute atomic E-state index is 12.4. The lowest BCUT2D eigenvalue weighted by atomic mass is 10.1. The first-order valence-corrected chi connectivity index (χ1v) is 9.18. The second-order valence-corrected chi connectivity index (χ2v) is 6.41. The number of aromatic nitrogens is 1. The second-order valence-electron chi connectivity index (χ2n) is 6.41. The molecule has 0 aliphatic heterocycles. The Hall–Kier alpha value is -3.02. The molecule has 6 nitrogen and oxygen atoms in total. The molecular formula is C22H27NO5. The number of ketones is 1. The molecule has 0 amide bonds. The van der Waals surface area contributed by atoms with Gasteiger partial charge >= 0.3 is 5.97 Å². The van der Waals surface area contributed by atoms with Crippen molar-refractivity contribution >= 4 is 17.8 Å². The first-order valence-electron chi connectivity index (χ1n) is 9.18. The predicted octanol–water partition coefficient (Wildman–Crippen LogP) is 3.97. The molecule has 0 saturated heterocycles. The molecule has 1 aromatic heterocycles. The molecule has 0 fully saturated rings. The zero-order chi connectivity index (χ0) is 20.7. The van der Waals surface area contributed by atoms with Crippen LogP contribution in [0.2, 0.25) is 0 Å². The van der Waals surface area contributed by atoms with Crippen molar-refractivity contribution in [3.05, 3.63) is 52.9 Å². The number of hydrogen-bond donors (Lipinski definition) is 0. The van der Waals surface area contributed by atoms with Crippen LogP contribution in [0.15, 0.2) is 30.3 Å². The Morgan fingerprint density at radius 3 is 2.50 bits per heavy atom. The van der Waals surface area contributed by atoms with Gasteiger partial charge in [-0.25, -0.2) is 4.79 Å². The number of carbonyl (C=O) groups excluding carboxylic acids is 2. The third-order valence-corrected chi connectivity index (χ3v) is 4.51. The first-order chi connectivity index (χ1) is 13.4. The highest BCUT2D eigenvalue weighted by molar-refractivity contribution is 6.00. The molecule has 28 heavy (non-hydrogen) atoms. The van der Waals surface area contributed by atoms with Crippen molar-refractivity contribution < 1.29 is 23.8 Å². The average molecular weight is 385 g/mol. The summed E-state index contributed by atoms with van der Waals surface area (Å²) in [5.74, 6) is 0.429. The zero-order valence-electron chi connectivity index (χ0n) is 17.1. The molecule has 0 aliphatic carbocycles. The van der Waals surface area contributed by atoms with Crippen LogP contribution in [-0.4, -0.2) is 37.1 Å². The highest BCUT2D eigenvalue weighted by Crippen LogP contribution is 2.25. The molecule has 0 bridgehead atoms. The van der Waals surface area contributed by atoms with Gasteiger partial charge in [0.05, 0.1) is 14.2 Å². The smallest absolute Gasteiger partial charge is 0.331 e. The predicted molar refractivity (Wildman–Crippen MR) is 108 cm³/mol. The van der Waals surface area contributed by atoms with Gasteiger partial charge in [-0.3, -0.25) is 4.79 Å². The van der Waals surface area contributed by atoms with Gasteiger partial charge in [0.25, 0.3) is 0 Å². The summed E-state index contributed by atoms with van der Waals surface area (Å²) in [4.78, 5) is 24.4. The molecule has 150 valence electrons. The summed E-state index contributed by atoms with van der Waals surface area (Å²) < 4.78 is 17.6. The van der Waals surface area contributed by atoms with Crippen LogP contribution in [0.5, 0.6) is 11.5 Å². The summed E-state index contributed by atoms with van der Waals surface area (Å²) in [5.41, 5.74) is 3.23. The van der Waals surface area contributed by atoms with Gasteiger partial charge in [0.15, 0.2) is 6.61 Å². The molecular weight excluding hydrogens is 358 g/mol. The Labute approximate surface area is 165 Å². The van der Waals surface area contributed by atoms with Gasteiger partial charge in [0.1, 0.15) is 11.5 Å². The number of benzene rings is 1. The summed E-state index contributed by atoms with van der Waals surface area (Å²) in [6.07, 6.45) is 3.84. The van der Waals surface area contributed by atoms with E-state index in [0.717, 1.165) is 24.4 Å². The summed E-state index contributed by atoms with van der Waals surface area (Å²) in [7, 11) is 3.11. The lowest BCUT2D eigenvalue weighted by Crippen LogP contribution is -2.13. The largest absolute Gasteiger partial charge is 0.497 e. The van der Waals surface area contributed by atoms with Crippen LogP contribution in [0.3, 0.4) is 0 Å². The van der Waals surface area contributed by atoms with Crippen LogP contribution in [0, 0.1) is 13.8 Å². The molecule has 2 aromatic rings. The normalized spacial score (nSPS) is 10.9. The van der Waals surface area contributed by atoms with Crippen LogP contribution in [0.1, 0.15) is 40.7 Å².